The van der Waals surface area contributed by atoms with E-state index in [0.717, 1.165) is 17.0 Å². The monoisotopic (exact) mass is 588 g/mol. The normalized spacial score (nSPS) is 14.7. The lowest BCUT2D eigenvalue weighted by molar-refractivity contribution is -0.116. The Kier molecular flexibility index (Phi) is 7.11. The number of aromatic nitrogens is 1. The highest BCUT2D eigenvalue weighted by Gasteiger charge is 2.47. The summed E-state index contributed by atoms with van der Waals surface area (Å²) in [7, 11) is -9.74. The van der Waals surface area contributed by atoms with Gasteiger partial charge in [-0.3, -0.25) is 14.5 Å². The molecular weight excluding hydrogens is 573 g/mol. The second-order valence-corrected chi connectivity index (χ2v) is 11.9. The van der Waals surface area contributed by atoms with E-state index in [9.17, 15) is 39.6 Å². The summed E-state index contributed by atoms with van der Waals surface area (Å²) < 4.78 is 89.6. The van der Waals surface area contributed by atoms with Gasteiger partial charge >= 0.3 is 11.5 Å². The van der Waals surface area contributed by atoms with Crippen LogP contribution in [0.15, 0.2) is 76.8 Å². The average Bonchev–Trinajstić information content (AvgIpc) is 3.12. The van der Waals surface area contributed by atoms with Gasteiger partial charge in [0.25, 0.3) is 25.8 Å². The van der Waals surface area contributed by atoms with E-state index >= 15 is 0 Å². The van der Waals surface area contributed by atoms with Gasteiger partial charge in [0.15, 0.2) is 0 Å². The molecule has 0 atom stereocenters. The molecule has 0 saturated carbocycles. The largest absolute Gasteiger partial charge is 0.501 e. The third kappa shape index (κ3) is 5.16. The maximum Gasteiger partial charge on any atom is 0.501 e. The van der Waals surface area contributed by atoms with Crippen LogP contribution in [-0.2, 0) is 31.2 Å². The number of sulfonamides is 1. The van der Waals surface area contributed by atoms with Crippen LogP contribution in [0.25, 0.3) is 0 Å². The third-order valence-corrected chi connectivity index (χ3v) is 8.76. The van der Waals surface area contributed by atoms with Gasteiger partial charge < -0.3 is 4.90 Å². The van der Waals surface area contributed by atoms with E-state index in [2.05, 4.69) is 9.71 Å². The number of amides is 3. The van der Waals surface area contributed by atoms with Gasteiger partial charge in [-0.2, -0.15) is 13.2 Å². The predicted octanol–water partition coefficient (Wildman–Crippen LogP) is 3.80. The highest BCUT2D eigenvalue weighted by atomic mass is 35.5. The van der Waals surface area contributed by atoms with Crippen LogP contribution in [0.1, 0.15) is 5.56 Å². The zero-order chi connectivity index (χ0) is 27.9. The molecule has 3 aromatic rings. The summed E-state index contributed by atoms with van der Waals surface area (Å²) in [5, 5.41) is -0.0181. The molecule has 0 radical (unpaired) electrons. The van der Waals surface area contributed by atoms with Crippen LogP contribution >= 0.6 is 11.6 Å². The number of hydrogen-bond acceptors (Lipinski definition) is 7. The molecule has 0 unspecified atom stereocenters. The molecule has 16 heteroatoms. The van der Waals surface area contributed by atoms with Crippen LogP contribution in [-0.4, -0.2) is 50.7 Å². The number of nitrogens with zero attached hydrogens (tertiary/aromatic N) is 3. The van der Waals surface area contributed by atoms with Gasteiger partial charge in [-0.1, -0.05) is 23.7 Å². The number of alkyl halides is 3. The summed E-state index contributed by atoms with van der Waals surface area (Å²) >= 11 is 6.00. The fourth-order valence-corrected chi connectivity index (χ4v) is 5.92. The predicted molar refractivity (Wildman–Crippen MR) is 129 cm³/mol. The lowest BCUT2D eigenvalue weighted by Gasteiger charge is -2.19. The van der Waals surface area contributed by atoms with Gasteiger partial charge in [0.2, 0.25) is 0 Å². The summed E-state index contributed by atoms with van der Waals surface area (Å²) in [4.78, 5) is 30.0. The van der Waals surface area contributed by atoms with E-state index in [1.165, 1.54) is 36.7 Å². The van der Waals surface area contributed by atoms with E-state index < -0.39 is 48.7 Å². The number of rotatable bonds is 7. The second-order valence-electron chi connectivity index (χ2n) is 7.88. The van der Waals surface area contributed by atoms with Crippen molar-refractivity contribution in [1.82, 2.24) is 9.88 Å². The number of halogens is 4. The summed E-state index contributed by atoms with van der Waals surface area (Å²) in [5.41, 5.74) is -5.35. The molecule has 10 nitrogen and oxygen atoms in total. The van der Waals surface area contributed by atoms with Gasteiger partial charge in [-0.25, -0.2) is 26.5 Å². The first-order chi connectivity index (χ1) is 17.7. The summed E-state index contributed by atoms with van der Waals surface area (Å²) in [6.07, 6.45) is 2.56. The van der Waals surface area contributed by atoms with E-state index in [0.29, 0.717) is 17.0 Å². The van der Waals surface area contributed by atoms with Crippen molar-refractivity contribution in [2.75, 3.05) is 16.2 Å². The Morgan fingerprint density at radius 1 is 0.974 bits per heavy atom. The topological polar surface area (TPSA) is 134 Å². The maximum atomic E-state index is 13.0. The zero-order valence-electron chi connectivity index (χ0n) is 18.9. The van der Waals surface area contributed by atoms with Crippen molar-refractivity contribution >= 4 is 54.8 Å². The smallest absolute Gasteiger partial charge is 0.310 e. The van der Waals surface area contributed by atoms with Crippen LogP contribution in [0, 0.1) is 0 Å². The number of pyridine rings is 1. The van der Waals surface area contributed by atoms with Crippen LogP contribution in [0.4, 0.5) is 29.3 Å². The van der Waals surface area contributed by atoms with E-state index in [4.69, 9.17) is 11.6 Å². The minimum Gasteiger partial charge on any atom is -0.310 e. The molecule has 0 spiro atoms. The number of benzene rings is 2. The van der Waals surface area contributed by atoms with Crippen LogP contribution in [0.5, 0.6) is 0 Å². The lowest BCUT2D eigenvalue weighted by Crippen LogP contribution is -2.33. The van der Waals surface area contributed by atoms with Crippen molar-refractivity contribution in [2.24, 2.45) is 0 Å². The Labute approximate surface area is 219 Å². The van der Waals surface area contributed by atoms with Crippen LogP contribution < -0.4 is 9.62 Å². The minimum absolute atomic E-state index is 0.0181. The van der Waals surface area contributed by atoms with Crippen molar-refractivity contribution in [3.05, 3.63) is 77.6 Å². The molecule has 200 valence electrons. The number of nitrogens with one attached hydrogen (secondary N) is 1. The molecule has 1 aromatic heterocycles. The first-order valence-electron chi connectivity index (χ1n) is 10.5. The van der Waals surface area contributed by atoms with Crippen molar-refractivity contribution in [3.63, 3.8) is 0 Å². The minimum atomic E-state index is -5.61. The molecule has 38 heavy (non-hydrogen) atoms. The van der Waals surface area contributed by atoms with Crippen molar-refractivity contribution in [2.45, 2.75) is 21.8 Å². The van der Waals surface area contributed by atoms with Gasteiger partial charge in [0, 0.05) is 6.20 Å². The van der Waals surface area contributed by atoms with Gasteiger partial charge in [-0.15, -0.1) is 0 Å². The zero-order valence-corrected chi connectivity index (χ0v) is 21.3. The molecule has 3 amide bonds. The quantitative estimate of drug-likeness (QED) is 0.415. The molecular formula is C22H16ClF3N4O6S2. The Hall–Kier alpha value is -3.69. The summed E-state index contributed by atoms with van der Waals surface area (Å²) in [6, 6.07) is 9.43. The number of carbonyl (C=O) groups excluding carboxylic acids is 2. The van der Waals surface area contributed by atoms with E-state index in [1.54, 1.807) is 6.07 Å². The van der Waals surface area contributed by atoms with Crippen molar-refractivity contribution in [1.29, 1.82) is 0 Å². The lowest BCUT2D eigenvalue weighted by atomic mass is 10.2. The highest BCUT2D eigenvalue weighted by Crippen LogP contribution is 2.32. The second kappa shape index (κ2) is 9.89. The van der Waals surface area contributed by atoms with E-state index in [-0.39, 0.29) is 33.4 Å². The number of anilines is 2. The molecule has 2 heterocycles. The first-order valence-corrected chi connectivity index (χ1v) is 13.8. The number of hydrogen-bond donors (Lipinski definition) is 1. The Morgan fingerprint density at radius 2 is 1.63 bits per heavy atom. The molecule has 1 fully saturated rings. The van der Waals surface area contributed by atoms with Crippen molar-refractivity contribution < 1.29 is 39.6 Å². The molecule has 1 saturated heterocycles. The van der Waals surface area contributed by atoms with Gasteiger partial charge in [-0.05, 0) is 48.0 Å². The molecule has 1 aliphatic rings. The van der Waals surface area contributed by atoms with Crippen LogP contribution in [0.2, 0.25) is 5.02 Å². The van der Waals surface area contributed by atoms with Crippen LogP contribution in [0.3, 0.4) is 0 Å². The van der Waals surface area contributed by atoms with Gasteiger partial charge in [0.1, 0.15) is 11.4 Å². The van der Waals surface area contributed by atoms with Crippen molar-refractivity contribution in [3.8, 4) is 0 Å². The molecule has 0 bridgehead atoms. The Morgan fingerprint density at radius 3 is 2.26 bits per heavy atom. The van der Waals surface area contributed by atoms with E-state index in [1.807, 2.05) is 0 Å². The maximum absolute atomic E-state index is 13.0. The molecule has 1 aliphatic heterocycles. The first kappa shape index (κ1) is 27.3. The number of sulfone groups is 1. The number of imide groups is 1. The number of urea groups is 1. The summed E-state index contributed by atoms with van der Waals surface area (Å²) in [6.45, 7) is -0.662. The molecule has 0 aliphatic carbocycles. The molecule has 2 aromatic carbocycles. The molecule has 1 N–H and O–H groups in total. The average molecular weight is 589 g/mol. The van der Waals surface area contributed by atoms with Gasteiger partial charge in [0.05, 0.1) is 34.0 Å². The molecule has 4 rings (SSSR count). The third-order valence-electron chi connectivity index (χ3n) is 5.39. The fourth-order valence-electron chi connectivity index (χ4n) is 3.56. The standard InChI is InChI=1S/C22H16ClF3N4O6S2/c23-17-3-1-2-4-19(17)38(35,36)28-18-11-27-10-9-14(18)12-29-13-20(31)30(21(29)32)15-5-7-16(8-6-15)37(33,34)22(24,25)26/h1-11,28H,12-13H2. The number of carbonyl (C=O) groups is 2. The Balaban J connectivity index is 1.56. The SMILES string of the molecule is O=C1CN(Cc2ccncc2NS(=O)(=O)c2ccccc2Cl)C(=O)N1c1ccc(S(=O)(=O)C(F)(F)F)cc1. The highest BCUT2D eigenvalue weighted by molar-refractivity contribution is 7.93. The summed E-state index contributed by atoms with van der Waals surface area (Å²) in [5.74, 6) is -0.728. The Bertz CT molecular complexity index is 1630. The fraction of sp³-hybridized carbons (Fsp3) is 0.136.